The van der Waals surface area contributed by atoms with E-state index in [1.807, 2.05) is 18.2 Å². The third-order valence-electron chi connectivity index (χ3n) is 4.72. The summed E-state index contributed by atoms with van der Waals surface area (Å²) in [7, 11) is 0. The van der Waals surface area contributed by atoms with E-state index in [4.69, 9.17) is 10.2 Å². The number of halogens is 1. The van der Waals surface area contributed by atoms with Crippen LogP contribution in [0.5, 0.6) is 0 Å². The number of nitrogens with zero attached hydrogens (tertiary/aromatic N) is 3. The normalized spacial score (nSPS) is 12.3. The first kappa shape index (κ1) is 21.2. The largest absolute Gasteiger partial charge is 0.306 e. The van der Waals surface area contributed by atoms with Crippen LogP contribution in [-0.4, -0.2) is 20.5 Å². The molecule has 154 valence electrons. The van der Waals surface area contributed by atoms with Crippen molar-refractivity contribution in [3.63, 3.8) is 0 Å². The van der Waals surface area contributed by atoms with E-state index in [1.54, 1.807) is 16.9 Å². The van der Waals surface area contributed by atoms with Gasteiger partial charge in [0.15, 0.2) is 0 Å². The van der Waals surface area contributed by atoms with Crippen LogP contribution in [0.3, 0.4) is 0 Å². The Kier molecular flexibility index (Phi) is 6.18. The maximum absolute atomic E-state index is 13.2. The van der Waals surface area contributed by atoms with E-state index < -0.39 is 0 Å². The summed E-state index contributed by atoms with van der Waals surface area (Å²) < 4.78 is 13.2. The highest BCUT2D eigenvalue weighted by Crippen LogP contribution is 2.28. The van der Waals surface area contributed by atoms with E-state index in [9.17, 15) is 4.39 Å². The Labute approximate surface area is 173 Å². The summed E-state index contributed by atoms with van der Waals surface area (Å²) in [6.45, 7) is 12.4. The zero-order valence-electron chi connectivity index (χ0n) is 18.0. The highest BCUT2D eigenvalue weighted by molar-refractivity contribution is 5.60. The van der Waals surface area contributed by atoms with Gasteiger partial charge in [-0.1, -0.05) is 63.2 Å². The molecule has 0 radical (unpaired) electrons. The average molecular weight is 395 g/mol. The molecule has 1 N–H and O–H groups in total. The zero-order valence-corrected chi connectivity index (χ0v) is 18.0. The predicted molar refractivity (Wildman–Crippen MR) is 116 cm³/mol. The lowest BCUT2D eigenvalue weighted by Crippen LogP contribution is -2.42. The molecular weight excluding hydrogens is 363 g/mol. The standard InChI is InChI=1S/C24H31FN4/c1-23(2,3)17-24(4,5)26-15-21-22(19-9-7-6-8-10-19)28-29(27-21)16-18-11-13-20(25)14-12-18/h6-14,26H,15-17H2,1-5H3. The quantitative estimate of drug-likeness (QED) is 0.580. The first-order valence-corrected chi connectivity index (χ1v) is 10.1. The number of hydrogen-bond donors (Lipinski definition) is 1. The second-order valence-electron chi connectivity index (χ2n) is 9.49. The second kappa shape index (κ2) is 8.46. The van der Waals surface area contributed by atoms with Crippen molar-refractivity contribution in [2.24, 2.45) is 5.41 Å². The molecular formula is C24H31FN4. The molecule has 0 saturated heterocycles. The van der Waals surface area contributed by atoms with E-state index in [0.717, 1.165) is 28.9 Å². The fraction of sp³-hybridized carbons (Fsp3) is 0.417. The summed E-state index contributed by atoms with van der Waals surface area (Å²) >= 11 is 0. The Hall–Kier alpha value is -2.53. The van der Waals surface area contributed by atoms with Crippen LogP contribution in [0.4, 0.5) is 4.39 Å². The third-order valence-corrected chi connectivity index (χ3v) is 4.72. The first-order valence-electron chi connectivity index (χ1n) is 10.1. The lowest BCUT2D eigenvalue weighted by Gasteiger charge is -2.33. The molecule has 0 aliphatic heterocycles. The summed E-state index contributed by atoms with van der Waals surface area (Å²) in [5, 5.41) is 13.2. The van der Waals surface area contributed by atoms with E-state index in [-0.39, 0.29) is 16.8 Å². The molecule has 0 fully saturated rings. The topological polar surface area (TPSA) is 42.7 Å². The van der Waals surface area contributed by atoms with Gasteiger partial charge in [0.25, 0.3) is 0 Å². The Bertz CT molecular complexity index is 922. The van der Waals surface area contributed by atoms with Gasteiger partial charge in [-0.3, -0.25) is 0 Å². The Morgan fingerprint density at radius 1 is 0.897 bits per heavy atom. The van der Waals surface area contributed by atoms with Gasteiger partial charge in [-0.05, 0) is 43.4 Å². The summed E-state index contributed by atoms with van der Waals surface area (Å²) in [5.41, 5.74) is 4.02. The van der Waals surface area contributed by atoms with Crippen LogP contribution in [0.15, 0.2) is 54.6 Å². The van der Waals surface area contributed by atoms with Gasteiger partial charge < -0.3 is 5.32 Å². The summed E-state index contributed by atoms with van der Waals surface area (Å²) in [4.78, 5) is 1.70. The van der Waals surface area contributed by atoms with Gasteiger partial charge in [0.1, 0.15) is 17.2 Å². The lowest BCUT2D eigenvalue weighted by molar-refractivity contribution is 0.240. The van der Waals surface area contributed by atoms with Gasteiger partial charge in [-0.25, -0.2) is 4.39 Å². The van der Waals surface area contributed by atoms with Crippen molar-refractivity contribution in [1.29, 1.82) is 0 Å². The average Bonchev–Trinajstić information content (AvgIpc) is 3.04. The Morgan fingerprint density at radius 2 is 1.55 bits per heavy atom. The maximum atomic E-state index is 13.2. The van der Waals surface area contributed by atoms with Gasteiger partial charge in [0, 0.05) is 17.6 Å². The number of aromatic nitrogens is 3. The Balaban J connectivity index is 1.84. The van der Waals surface area contributed by atoms with Crippen LogP contribution in [0, 0.1) is 11.2 Å². The van der Waals surface area contributed by atoms with Crippen LogP contribution in [0.2, 0.25) is 0 Å². The van der Waals surface area contributed by atoms with E-state index >= 15 is 0 Å². The van der Waals surface area contributed by atoms with Crippen molar-refractivity contribution >= 4 is 0 Å². The predicted octanol–water partition coefficient (Wildman–Crippen LogP) is 5.44. The summed E-state index contributed by atoms with van der Waals surface area (Å²) in [5.74, 6) is -0.238. The second-order valence-corrected chi connectivity index (χ2v) is 9.49. The van der Waals surface area contributed by atoms with Crippen molar-refractivity contribution in [2.45, 2.75) is 59.7 Å². The smallest absolute Gasteiger partial charge is 0.123 e. The molecule has 0 bridgehead atoms. The summed E-state index contributed by atoms with van der Waals surface area (Å²) in [6, 6.07) is 16.6. The molecule has 0 spiro atoms. The summed E-state index contributed by atoms with van der Waals surface area (Å²) in [6.07, 6.45) is 1.05. The molecule has 1 heterocycles. The van der Waals surface area contributed by atoms with Gasteiger partial charge in [-0.2, -0.15) is 15.0 Å². The van der Waals surface area contributed by atoms with Crippen molar-refractivity contribution in [2.75, 3.05) is 0 Å². The van der Waals surface area contributed by atoms with Crippen molar-refractivity contribution in [3.8, 4) is 11.3 Å². The van der Waals surface area contributed by atoms with Gasteiger partial charge in [0.2, 0.25) is 0 Å². The SMILES string of the molecule is CC(C)(C)CC(C)(C)NCc1nn(Cc2ccc(F)cc2)nc1-c1ccccc1. The Morgan fingerprint density at radius 3 is 2.17 bits per heavy atom. The molecule has 4 nitrogen and oxygen atoms in total. The zero-order chi connectivity index (χ0) is 21.1. The van der Waals surface area contributed by atoms with Crippen LogP contribution in [0.1, 0.15) is 52.3 Å². The fourth-order valence-corrected chi connectivity index (χ4v) is 3.86. The van der Waals surface area contributed by atoms with Crippen molar-refractivity contribution in [3.05, 3.63) is 71.7 Å². The highest BCUT2D eigenvalue weighted by Gasteiger charge is 2.26. The van der Waals surface area contributed by atoms with E-state index in [1.165, 1.54) is 12.1 Å². The first-order chi connectivity index (χ1) is 13.6. The number of rotatable bonds is 7. The minimum absolute atomic E-state index is 0.0209. The van der Waals surface area contributed by atoms with Gasteiger partial charge in [0.05, 0.1) is 6.54 Å². The molecule has 0 aliphatic rings. The minimum atomic E-state index is -0.238. The molecule has 0 amide bonds. The van der Waals surface area contributed by atoms with E-state index in [2.05, 4.69) is 52.1 Å². The molecule has 1 aromatic heterocycles. The van der Waals surface area contributed by atoms with Gasteiger partial charge >= 0.3 is 0 Å². The van der Waals surface area contributed by atoms with Crippen LogP contribution in [0.25, 0.3) is 11.3 Å². The molecule has 2 aromatic carbocycles. The van der Waals surface area contributed by atoms with Crippen LogP contribution >= 0.6 is 0 Å². The van der Waals surface area contributed by atoms with Crippen molar-refractivity contribution < 1.29 is 4.39 Å². The number of hydrogen-bond acceptors (Lipinski definition) is 3. The fourth-order valence-electron chi connectivity index (χ4n) is 3.86. The molecule has 0 saturated carbocycles. The lowest BCUT2D eigenvalue weighted by atomic mass is 9.82. The molecule has 3 rings (SSSR count). The molecule has 0 aliphatic carbocycles. The molecule has 29 heavy (non-hydrogen) atoms. The van der Waals surface area contributed by atoms with Crippen molar-refractivity contribution in [1.82, 2.24) is 20.3 Å². The third kappa shape index (κ3) is 6.23. The van der Waals surface area contributed by atoms with E-state index in [0.29, 0.717) is 13.1 Å². The molecule has 0 atom stereocenters. The van der Waals surface area contributed by atoms with Crippen LogP contribution in [-0.2, 0) is 13.1 Å². The molecule has 3 aromatic rings. The monoisotopic (exact) mass is 394 g/mol. The minimum Gasteiger partial charge on any atom is -0.306 e. The highest BCUT2D eigenvalue weighted by atomic mass is 19.1. The molecule has 5 heteroatoms. The number of nitrogens with one attached hydrogen (secondary N) is 1. The number of benzene rings is 2. The maximum Gasteiger partial charge on any atom is 0.123 e. The van der Waals surface area contributed by atoms with Gasteiger partial charge in [-0.15, -0.1) is 0 Å². The van der Waals surface area contributed by atoms with Crippen LogP contribution < -0.4 is 5.32 Å². The molecule has 0 unspecified atom stereocenters.